The molecule has 0 amide bonds. The van der Waals surface area contributed by atoms with Gasteiger partial charge in [-0.15, -0.1) is 11.3 Å². The molecule has 1 heterocycles. The maximum absolute atomic E-state index is 12.2. The summed E-state index contributed by atoms with van der Waals surface area (Å²) in [7, 11) is -3.48. The van der Waals surface area contributed by atoms with Crippen LogP contribution in [-0.2, 0) is 16.4 Å². The van der Waals surface area contributed by atoms with Crippen LogP contribution in [0.4, 0.5) is 0 Å². The lowest BCUT2D eigenvalue weighted by Gasteiger charge is -2.28. The van der Waals surface area contributed by atoms with Crippen LogP contribution in [0.15, 0.2) is 16.3 Å². The van der Waals surface area contributed by atoms with E-state index in [0.717, 1.165) is 11.3 Å². The molecule has 0 aromatic carbocycles. The Morgan fingerprint density at radius 1 is 1.39 bits per heavy atom. The van der Waals surface area contributed by atoms with Gasteiger partial charge in [-0.05, 0) is 38.3 Å². The molecule has 1 rings (SSSR count). The van der Waals surface area contributed by atoms with Crippen LogP contribution in [0.5, 0.6) is 0 Å². The maximum atomic E-state index is 12.2. The van der Waals surface area contributed by atoms with Gasteiger partial charge < -0.3 is 5.11 Å². The van der Waals surface area contributed by atoms with Gasteiger partial charge in [-0.2, -0.15) is 0 Å². The van der Waals surface area contributed by atoms with Crippen molar-refractivity contribution in [2.75, 3.05) is 6.61 Å². The van der Waals surface area contributed by atoms with Gasteiger partial charge in [0.2, 0.25) is 0 Å². The summed E-state index contributed by atoms with van der Waals surface area (Å²) >= 11 is 1.30. The molecular formula is C12H21NO3S2. The molecule has 0 radical (unpaired) electrons. The van der Waals surface area contributed by atoms with Gasteiger partial charge in [0, 0.05) is 17.0 Å². The molecule has 1 atom stereocenters. The first-order chi connectivity index (χ1) is 8.37. The number of aliphatic hydroxyl groups excluding tert-OH is 1. The Bertz CT molecular complexity index is 481. The normalized spacial score (nSPS) is 15.6. The first-order valence-corrected chi connectivity index (χ1v) is 8.40. The molecule has 0 aliphatic carbocycles. The molecule has 6 heteroatoms. The predicted octanol–water partition coefficient (Wildman–Crippen LogP) is 2.14. The van der Waals surface area contributed by atoms with Gasteiger partial charge in [0.05, 0.1) is 0 Å². The molecule has 0 spiro atoms. The lowest BCUT2D eigenvalue weighted by molar-refractivity contribution is 0.233. The van der Waals surface area contributed by atoms with E-state index in [4.69, 9.17) is 5.11 Å². The van der Waals surface area contributed by atoms with Gasteiger partial charge in [0.1, 0.15) is 4.21 Å². The summed E-state index contributed by atoms with van der Waals surface area (Å²) in [5.74, 6) is 0. The zero-order valence-corrected chi connectivity index (χ0v) is 12.7. The minimum absolute atomic E-state index is 0.0302. The lowest BCUT2D eigenvalue weighted by atomic mass is 9.97. The third kappa shape index (κ3) is 3.78. The van der Waals surface area contributed by atoms with E-state index >= 15 is 0 Å². The van der Waals surface area contributed by atoms with Gasteiger partial charge in [-0.1, -0.05) is 13.8 Å². The van der Waals surface area contributed by atoms with Crippen molar-refractivity contribution in [3.63, 3.8) is 0 Å². The fourth-order valence-electron chi connectivity index (χ4n) is 1.61. The maximum Gasteiger partial charge on any atom is 0.250 e. The number of rotatable bonds is 7. The molecule has 0 aliphatic heterocycles. The summed E-state index contributed by atoms with van der Waals surface area (Å²) in [6.07, 6.45) is 1.88. The van der Waals surface area contributed by atoms with Gasteiger partial charge >= 0.3 is 0 Å². The molecule has 1 unspecified atom stereocenters. The second-order valence-corrected chi connectivity index (χ2v) is 7.65. The smallest absolute Gasteiger partial charge is 0.250 e. The third-order valence-corrected chi connectivity index (χ3v) is 6.43. The van der Waals surface area contributed by atoms with Crippen molar-refractivity contribution >= 4 is 21.4 Å². The largest absolute Gasteiger partial charge is 0.396 e. The molecule has 0 fully saturated rings. The lowest BCUT2D eigenvalue weighted by Crippen LogP contribution is -2.45. The number of aryl methyl sites for hydroxylation is 1. The van der Waals surface area contributed by atoms with Gasteiger partial charge in [-0.3, -0.25) is 0 Å². The van der Waals surface area contributed by atoms with Crippen LogP contribution in [0.25, 0.3) is 0 Å². The quantitative estimate of drug-likeness (QED) is 0.809. The summed E-state index contributed by atoms with van der Waals surface area (Å²) in [6, 6.07) is 3.48. The highest BCUT2D eigenvalue weighted by Gasteiger charge is 2.29. The number of thiophene rings is 1. The van der Waals surface area contributed by atoms with Crippen molar-refractivity contribution in [3.8, 4) is 0 Å². The molecule has 104 valence electrons. The highest BCUT2D eigenvalue weighted by molar-refractivity contribution is 7.91. The van der Waals surface area contributed by atoms with Crippen LogP contribution in [0.1, 0.15) is 38.5 Å². The Morgan fingerprint density at radius 2 is 2.06 bits per heavy atom. The van der Waals surface area contributed by atoms with E-state index in [1.165, 1.54) is 11.3 Å². The molecule has 0 saturated heterocycles. The van der Waals surface area contributed by atoms with Crippen molar-refractivity contribution in [2.24, 2.45) is 0 Å². The Labute approximate surface area is 113 Å². The van der Waals surface area contributed by atoms with Crippen LogP contribution in [0, 0.1) is 0 Å². The number of hydrogen-bond acceptors (Lipinski definition) is 4. The Balaban J connectivity index is 2.93. The zero-order chi connectivity index (χ0) is 13.8. The number of nitrogens with one attached hydrogen (secondary N) is 1. The summed E-state index contributed by atoms with van der Waals surface area (Å²) in [5.41, 5.74) is -0.593. The van der Waals surface area contributed by atoms with E-state index < -0.39 is 15.6 Å². The monoisotopic (exact) mass is 291 g/mol. The molecular weight excluding hydrogens is 270 g/mol. The minimum atomic E-state index is -3.48. The van der Waals surface area contributed by atoms with Crippen molar-refractivity contribution in [2.45, 2.75) is 49.8 Å². The molecule has 2 N–H and O–H groups in total. The number of hydrogen-bond donors (Lipinski definition) is 2. The van der Waals surface area contributed by atoms with Gasteiger partial charge in [-0.25, -0.2) is 13.1 Å². The van der Waals surface area contributed by atoms with E-state index in [1.54, 1.807) is 6.07 Å². The van der Waals surface area contributed by atoms with Crippen LogP contribution < -0.4 is 4.72 Å². The first kappa shape index (κ1) is 15.6. The molecule has 1 aromatic rings. The zero-order valence-electron chi connectivity index (χ0n) is 11.1. The van der Waals surface area contributed by atoms with E-state index in [9.17, 15) is 8.42 Å². The van der Waals surface area contributed by atoms with Crippen molar-refractivity contribution in [1.82, 2.24) is 4.72 Å². The fraction of sp³-hybridized carbons (Fsp3) is 0.667. The summed E-state index contributed by atoms with van der Waals surface area (Å²) < 4.78 is 27.5. The van der Waals surface area contributed by atoms with Crippen LogP contribution in [-0.4, -0.2) is 25.7 Å². The Morgan fingerprint density at radius 3 is 2.50 bits per heavy atom. The van der Waals surface area contributed by atoms with Crippen LogP contribution in [0.2, 0.25) is 0 Å². The van der Waals surface area contributed by atoms with E-state index in [2.05, 4.69) is 4.72 Å². The number of sulfonamides is 1. The van der Waals surface area contributed by atoms with E-state index in [-0.39, 0.29) is 6.61 Å². The topological polar surface area (TPSA) is 66.4 Å². The minimum Gasteiger partial charge on any atom is -0.396 e. The number of aliphatic hydroxyl groups is 1. The second-order valence-electron chi connectivity index (χ2n) is 4.57. The molecule has 0 bridgehead atoms. The second kappa shape index (κ2) is 6.14. The highest BCUT2D eigenvalue weighted by Crippen LogP contribution is 2.25. The van der Waals surface area contributed by atoms with Crippen molar-refractivity contribution in [3.05, 3.63) is 17.0 Å². The summed E-state index contributed by atoms with van der Waals surface area (Å²) in [6.45, 7) is 5.69. The summed E-state index contributed by atoms with van der Waals surface area (Å²) in [4.78, 5) is 1.05. The third-order valence-electron chi connectivity index (χ3n) is 3.07. The van der Waals surface area contributed by atoms with Crippen LogP contribution >= 0.6 is 11.3 Å². The van der Waals surface area contributed by atoms with E-state index in [1.807, 2.05) is 26.8 Å². The Kier molecular flexibility index (Phi) is 5.33. The molecule has 1 aromatic heterocycles. The molecule has 4 nitrogen and oxygen atoms in total. The molecule has 0 aliphatic rings. The van der Waals surface area contributed by atoms with Gasteiger partial charge in [0.25, 0.3) is 10.0 Å². The standard InChI is InChI=1S/C12H21NO3S2/c1-4-10-6-7-11(17-10)18(15,16)13-12(3,5-2)8-9-14/h6-7,13-14H,4-5,8-9H2,1-3H3. The molecule has 18 heavy (non-hydrogen) atoms. The SMILES string of the molecule is CCc1ccc(S(=O)(=O)NC(C)(CC)CCO)s1. The average molecular weight is 291 g/mol. The van der Waals surface area contributed by atoms with Gasteiger partial charge in [0.15, 0.2) is 0 Å². The average Bonchev–Trinajstić information content (AvgIpc) is 2.78. The van der Waals surface area contributed by atoms with Crippen molar-refractivity contribution in [1.29, 1.82) is 0 Å². The predicted molar refractivity (Wildman–Crippen MR) is 74.4 cm³/mol. The summed E-state index contributed by atoms with van der Waals surface area (Å²) in [5, 5.41) is 9.01. The van der Waals surface area contributed by atoms with Crippen molar-refractivity contribution < 1.29 is 13.5 Å². The Hall–Kier alpha value is -0.430. The molecule has 0 saturated carbocycles. The first-order valence-electron chi connectivity index (χ1n) is 6.10. The highest BCUT2D eigenvalue weighted by atomic mass is 32.2. The fourth-order valence-corrected chi connectivity index (χ4v) is 4.42. The van der Waals surface area contributed by atoms with E-state index in [0.29, 0.717) is 17.1 Å². The van der Waals surface area contributed by atoms with Crippen LogP contribution in [0.3, 0.4) is 0 Å².